The zero-order valence-electron chi connectivity index (χ0n) is 11.8. The first kappa shape index (κ1) is 15.2. The predicted octanol–water partition coefficient (Wildman–Crippen LogP) is 4.15. The molecule has 2 aromatic rings. The molecule has 0 aromatic heterocycles. The van der Waals surface area contributed by atoms with E-state index in [2.05, 4.69) is 70.7 Å². The van der Waals surface area contributed by atoms with Crippen LogP contribution in [0, 0.1) is 0 Å². The molecule has 0 aliphatic carbocycles. The van der Waals surface area contributed by atoms with Crippen LogP contribution in [0.5, 0.6) is 0 Å². The summed E-state index contributed by atoms with van der Waals surface area (Å²) in [5.74, 6) is 5.75. The number of rotatable bonds is 6. The van der Waals surface area contributed by atoms with Gasteiger partial charge in [-0.3, -0.25) is 11.3 Å². The lowest BCUT2D eigenvalue weighted by Gasteiger charge is -2.17. The standard InChI is InChI=1S/C17H21BrN2/c1-2-5-13-6-3-8-15(10-13)17(20-19)12-14-7-4-9-16(18)11-14/h3-4,6-11,17,20H,2,5,12,19H2,1H3. The van der Waals surface area contributed by atoms with Gasteiger partial charge in [-0.05, 0) is 41.7 Å². The summed E-state index contributed by atoms with van der Waals surface area (Å²) in [5, 5.41) is 0. The molecule has 2 aromatic carbocycles. The maximum Gasteiger partial charge on any atom is 0.0500 e. The number of benzene rings is 2. The lowest BCUT2D eigenvalue weighted by molar-refractivity contribution is 0.551. The molecule has 0 bridgehead atoms. The molecule has 0 amide bonds. The first-order valence-electron chi connectivity index (χ1n) is 7.02. The third kappa shape index (κ3) is 4.17. The van der Waals surface area contributed by atoms with Crippen molar-refractivity contribution in [3.8, 4) is 0 Å². The van der Waals surface area contributed by atoms with Crippen LogP contribution in [0.15, 0.2) is 53.0 Å². The third-order valence-electron chi connectivity index (χ3n) is 3.42. The molecule has 0 aliphatic rings. The number of nitrogens with two attached hydrogens (primary N) is 1. The van der Waals surface area contributed by atoms with Gasteiger partial charge >= 0.3 is 0 Å². The Morgan fingerprint density at radius 2 is 1.85 bits per heavy atom. The van der Waals surface area contributed by atoms with Crippen LogP contribution in [0.2, 0.25) is 0 Å². The predicted molar refractivity (Wildman–Crippen MR) is 88.3 cm³/mol. The SMILES string of the molecule is CCCc1cccc(C(Cc2cccc(Br)c2)NN)c1. The number of hydrazine groups is 1. The quantitative estimate of drug-likeness (QED) is 0.616. The summed E-state index contributed by atoms with van der Waals surface area (Å²) in [7, 11) is 0. The van der Waals surface area contributed by atoms with Crippen LogP contribution < -0.4 is 11.3 Å². The van der Waals surface area contributed by atoms with E-state index in [1.165, 1.54) is 16.7 Å². The first-order chi connectivity index (χ1) is 9.72. The fraction of sp³-hybridized carbons (Fsp3) is 0.294. The highest BCUT2D eigenvalue weighted by atomic mass is 79.9. The number of hydrogen-bond acceptors (Lipinski definition) is 2. The van der Waals surface area contributed by atoms with E-state index in [-0.39, 0.29) is 6.04 Å². The zero-order valence-corrected chi connectivity index (χ0v) is 13.4. The number of hydrogen-bond donors (Lipinski definition) is 2. The Morgan fingerprint density at radius 1 is 1.10 bits per heavy atom. The normalized spacial score (nSPS) is 12.3. The van der Waals surface area contributed by atoms with Gasteiger partial charge in [-0.2, -0.15) is 0 Å². The molecule has 20 heavy (non-hydrogen) atoms. The van der Waals surface area contributed by atoms with Gasteiger partial charge in [0.1, 0.15) is 0 Å². The van der Waals surface area contributed by atoms with Crippen molar-refractivity contribution in [1.82, 2.24) is 5.43 Å². The molecule has 2 rings (SSSR count). The van der Waals surface area contributed by atoms with Gasteiger partial charge in [0.25, 0.3) is 0 Å². The number of nitrogens with one attached hydrogen (secondary N) is 1. The highest BCUT2D eigenvalue weighted by Crippen LogP contribution is 2.21. The van der Waals surface area contributed by atoms with Gasteiger partial charge in [0.05, 0.1) is 0 Å². The van der Waals surface area contributed by atoms with E-state index in [4.69, 9.17) is 5.84 Å². The second-order valence-electron chi connectivity index (χ2n) is 5.05. The Morgan fingerprint density at radius 3 is 2.55 bits per heavy atom. The Labute approximate surface area is 129 Å². The zero-order chi connectivity index (χ0) is 14.4. The lowest BCUT2D eigenvalue weighted by atomic mass is 9.97. The second kappa shape index (κ2) is 7.58. The monoisotopic (exact) mass is 332 g/mol. The molecule has 0 saturated heterocycles. The molecule has 3 heteroatoms. The van der Waals surface area contributed by atoms with Gasteiger partial charge in [0.15, 0.2) is 0 Å². The Kier molecular flexibility index (Phi) is 5.77. The van der Waals surface area contributed by atoms with E-state index >= 15 is 0 Å². The summed E-state index contributed by atoms with van der Waals surface area (Å²) in [4.78, 5) is 0. The molecule has 0 heterocycles. The van der Waals surface area contributed by atoms with Crippen LogP contribution in [0.4, 0.5) is 0 Å². The summed E-state index contributed by atoms with van der Waals surface area (Å²) in [6.45, 7) is 2.20. The molecule has 3 N–H and O–H groups in total. The molecule has 0 saturated carbocycles. The molecule has 0 fully saturated rings. The van der Waals surface area contributed by atoms with Crippen LogP contribution >= 0.6 is 15.9 Å². The molecule has 0 radical (unpaired) electrons. The van der Waals surface area contributed by atoms with Crippen molar-refractivity contribution >= 4 is 15.9 Å². The summed E-state index contributed by atoms with van der Waals surface area (Å²) >= 11 is 3.51. The molecular formula is C17H21BrN2. The molecule has 1 atom stereocenters. The molecule has 0 aliphatic heterocycles. The smallest absolute Gasteiger partial charge is 0.0500 e. The van der Waals surface area contributed by atoms with E-state index < -0.39 is 0 Å². The average molecular weight is 333 g/mol. The topological polar surface area (TPSA) is 38.0 Å². The van der Waals surface area contributed by atoms with Crippen LogP contribution in [-0.4, -0.2) is 0 Å². The van der Waals surface area contributed by atoms with Gasteiger partial charge in [0.2, 0.25) is 0 Å². The lowest BCUT2D eigenvalue weighted by Crippen LogP contribution is -2.29. The minimum Gasteiger partial charge on any atom is -0.271 e. The van der Waals surface area contributed by atoms with Crippen LogP contribution in [-0.2, 0) is 12.8 Å². The van der Waals surface area contributed by atoms with Gasteiger partial charge in [-0.25, -0.2) is 0 Å². The minimum absolute atomic E-state index is 0.140. The van der Waals surface area contributed by atoms with Gasteiger partial charge in [-0.1, -0.05) is 65.7 Å². The molecule has 2 nitrogen and oxygen atoms in total. The van der Waals surface area contributed by atoms with Crippen molar-refractivity contribution < 1.29 is 0 Å². The van der Waals surface area contributed by atoms with Crippen molar-refractivity contribution in [2.45, 2.75) is 32.2 Å². The summed E-state index contributed by atoms with van der Waals surface area (Å²) < 4.78 is 1.10. The van der Waals surface area contributed by atoms with Crippen molar-refractivity contribution in [2.75, 3.05) is 0 Å². The molecule has 106 valence electrons. The summed E-state index contributed by atoms with van der Waals surface area (Å²) in [6, 6.07) is 17.2. The fourth-order valence-corrected chi connectivity index (χ4v) is 2.87. The average Bonchev–Trinajstić information content (AvgIpc) is 2.45. The second-order valence-corrected chi connectivity index (χ2v) is 5.96. The Balaban J connectivity index is 2.17. The van der Waals surface area contributed by atoms with E-state index in [0.29, 0.717) is 0 Å². The summed E-state index contributed by atoms with van der Waals surface area (Å²) in [6.07, 6.45) is 3.16. The highest BCUT2D eigenvalue weighted by Gasteiger charge is 2.11. The van der Waals surface area contributed by atoms with E-state index in [9.17, 15) is 0 Å². The first-order valence-corrected chi connectivity index (χ1v) is 7.81. The number of halogens is 1. The van der Waals surface area contributed by atoms with Gasteiger partial charge in [0, 0.05) is 10.5 Å². The minimum atomic E-state index is 0.140. The molecule has 0 spiro atoms. The maximum atomic E-state index is 5.75. The van der Waals surface area contributed by atoms with Crippen LogP contribution in [0.1, 0.15) is 36.1 Å². The van der Waals surface area contributed by atoms with Crippen molar-refractivity contribution in [3.63, 3.8) is 0 Å². The van der Waals surface area contributed by atoms with E-state index in [0.717, 1.165) is 23.7 Å². The largest absolute Gasteiger partial charge is 0.271 e. The van der Waals surface area contributed by atoms with E-state index in [1.807, 2.05) is 6.07 Å². The fourth-order valence-electron chi connectivity index (χ4n) is 2.43. The Hall–Kier alpha value is -1.16. The molecular weight excluding hydrogens is 312 g/mol. The van der Waals surface area contributed by atoms with Crippen molar-refractivity contribution in [2.24, 2.45) is 5.84 Å². The maximum absolute atomic E-state index is 5.75. The van der Waals surface area contributed by atoms with Crippen LogP contribution in [0.25, 0.3) is 0 Å². The van der Waals surface area contributed by atoms with Crippen LogP contribution in [0.3, 0.4) is 0 Å². The molecule has 1 unspecified atom stereocenters. The summed E-state index contributed by atoms with van der Waals surface area (Å²) in [5.41, 5.74) is 6.83. The third-order valence-corrected chi connectivity index (χ3v) is 3.92. The van der Waals surface area contributed by atoms with E-state index in [1.54, 1.807) is 0 Å². The van der Waals surface area contributed by atoms with Gasteiger partial charge < -0.3 is 0 Å². The highest BCUT2D eigenvalue weighted by molar-refractivity contribution is 9.10. The van der Waals surface area contributed by atoms with Crippen molar-refractivity contribution in [3.05, 3.63) is 69.7 Å². The van der Waals surface area contributed by atoms with Crippen molar-refractivity contribution in [1.29, 1.82) is 0 Å². The van der Waals surface area contributed by atoms with Gasteiger partial charge in [-0.15, -0.1) is 0 Å². The Bertz CT molecular complexity index is 554. The number of aryl methyl sites for hydroxylation is 1.